The predicted octanol–water partition coefficient (Wildman–Crippen LogP) is 3.11. The van der Waals surface area contributed by atoms with E-state index in [1.165, 1.54) is 16.4 Å². The van der Waals surface area contributed by atoms with Crippen LogP contribution in [0.5, 0.6) is 0 Å². The normalized spacial score (nSPS) is 20.4. The van der Waals surface area contributed by atoms with Crippen molar-refractivity contribution in [2.75, 3.05) is 13.1 Å². The molecule has 0 aliphatic carbocycles. The van der Waals surface area contributed by atoms with Crippen LogP contribution in [0.2, 0.25) is 5.02 Å². The highest BCUT2D eigenvalue weighted by Gasteiger charge is 2.34. The molecule has 0 radical (unpaired) electrons. The van der Waals surface area contributed by atoms with Crippen LogP contribution in [0.25, 0.3) is 0 Å². The van der Waals surface area contributed by atoms with E-state index in [2.05, 4.69) is 0 Å². The lowest BCUT2D eigenvalue weighted by molar-refractivity contribution is 0.445. The van der Waals surface area contributed by atoms with Crippen molar-refractivity contribution in [2.45, 2.75) is 17.2 Å². The second-order valence-corrected chi connectivity index (χ2v) is 7.19. The lowest BCUT2D eigenvalue weighted by atomic mass is 10.1. The van der Waals surface area contributed by atoms with E-state index in [0.717, 1.165) is 12.2 Å². The summed E-state index contributed by atoms with van der Waals surface area (Å²) in [5.41, 5.74) is 0. The molecule has 1 aliphatic rings. The van der Waals surface area contributed by atoms with Crippen LogP contribution in [0, 0.1) is 0 Å². The average Bonchev–Trinajstić information content (AvgIpc) is 3.10. The molecule has 0 spiro atoms. The quantitative estimate of drug-likeness (QED) is 0.875. The summed E-state index contributed by atoms with van der Waals surface area (Å²) in [6.07, 6.45) is 2.39. The molecule has 0 amide bonds. The standard InChI is InChI=1S/C14H14ClNO3S/c15-12-3-5-13(6-4-12)20(17,18)16-8-7-11(10-16)14-2-1-9-19-14/h1-6,9,11H,7-8,10H2. The van der Waals surface area contributed by atoms with E-state index >= 15 is 0 Å². The first-order valence-electron chi connectivity index (χ1n) is 6.36. The van der Waals surface area contributed by atoms with Gasteiger partial charge in [0.25, 0.3) is 0 Å². The summed E-state index contributed by atoms with van der Waals surface area (Å²) in [7, 11) is -3.45. The molecule has 3 rings (SSSR count). The number of hydrogen-bond acceptors (Lipinski definition) is 3. The van der Waals surface area contributed by atoms with Gasteiger partial charge >= 0.3 is 0 Å². The summed E-state index contributed by atoms with van der Waals surface area (Å²) in [4.78, 5) is 0.280. The zero-order valence-corrected chi connectivity index (χ0v) is 12.3. The van der Waals surface area contributed by atoms with Crippen molar-refractivity contribution in [1.82, 2.24) is 4.31 Å². The number of nitrogens with zero attached hydrogens (tertiary/aromatic N) is 1. The Morgan fingerprint density at radius 2 is 1.95 bits per heavy atom. The summed E-state index contributed by atoms with van der Waals surface area (Å²) in [6.45, 7) is 0.967. The van der Waals surface area contributed by atoms with Gasteiger partial charge in [-0.2, -0.15) is 4.31 Å². The van der Waals surface area contributed by atoms with E-state index in [1.807, 2.05) is 12.1 Å². The molecular formula is C14H14ClNO3S. The van der Waals surface area contributed by atoms with Crippen molar-refractivity contribution in [3.05, 3.63) is 53.4 Å². The Balaban J connectivity index is 1.81. The Morgan fingerprint density at radius 3 is 2.60 bits per heavy atom. The van der Waals surface area contributed by atoms with Crippen molar-refractivity contribution in [1.29, 1.82) is 0 Å². The molecule has 6 heteroatoms. The first-order valence-corrected chi connectivity index (χ1v) is 8.18. The van der Waals surface area contributed by atoms with Gasteiger partial charge in [0.05, 0.1) is 11.2 Å². The van der Waals surface area contributed by atoms with E-state index in [4.69, 9.17) is 16.0 Å². The van der Waals surface area contributed by atoms with Gasteiger partial charge in [-0.15, -0.1) is 0 Å². The minimum atomic E-state index is -3.45. The number of benzene rings is 1. The SMILES string of the molecule is O=S(=O)(c1ccc(Cl)cc1)N1CCC(c2ccco2)C1. The highest BCUT2D eigenvalue weighted by Crippen LogP contribution is 2.31. The number of halogens is 1. The van der Waals surface area contributed by atoms with Crippen LogP contribution in [0.4, 0.5) is 0 Å². The van der Waals surface area contributed by atoms with Crippen LogP contribution in [0.1, 0.15) is 18.1 Å². The molecule has 0 N–H and O–H groups in total. The predicted molar refractivity (Wildman–Crippen MR) is 76.3 cm³/mol. The molecule has 2 aromatic rings. The molecule has 1 unspecified atom stereocenters. The molecule has 20 heavy (non-hydrogen) atoms. The number of hydrogen-bond donors (Lipinski definition) is 0. The topological polar surface area (TPSA) is 50.5 Å². The van der Waals surface area contributed by atoms with E-state index in [1.54, 1.807) is 18.4 Å². The molecule has 1 aliphatic heterocycles. The monoisotopic (exact) mass is 311 g/mol. The van der Waals surface area contributed by atoms with Gasteiger partial charge in [0, 0.05) is 24.0 Å². The van der Waals surface area contributed by atoms with E-state index < -0.39 is 10.0 Å². The summed E-state index contributed by atoms with van der Waals surface area (Å²) >= 11 is 5.79. The van der Waals surface area contributed by atoms with Crippen LogP contribution < -0.4 is 0 Å². The van der Waals surface area contributed by atoms with Gasteiger partial charge in [-0.05, 0) is 42.8 Å². The van der Waals surface area contributed by atoms with Crippen LogP contribution in [-0.4, -0.2) is 25.8 Å². The third-order valence-corrected chi connectivity index (χ3v) is 5.68. The molecule has 106 valence electrons. The van der Waals surface area contributed by atoms with Crippen molar-refractivity contribution in [3.8, 4) is 0 Å². The Hall–Kier alpha value is -1.30. The largest absolute Gasteiger partial charge is 0.469 e. The first kappa shape index (κ1) is 13.7. The van der Waals surface area contributed by atoms with Gasteiger partial charge in [-0.25, -0.2) is 8.42 Å². The maximum Gasteiger partial charge on any atom is 0.243 e. The minimum absolute atomic E-state index is 0.132. The highest BCUT2D eigenvalue weighted by molar-refractivity contribution is 7.89. The Bertz CT molecular complexity index is 680. The summed E-state index contributed by atoms with van der Waals surface area (Å²) in [6, 6.07) is 9.98. The fourth-order valence-corrected chi connectivity index (χ4v) is 4.08. The molecule has 0 bridgehead atoms. The summed E-state index contributed by atoms with van der Waals surface area (Å²) in [5.74, 6) is 0.978. The first-order chi connectivity index (χ1) is 9.57. The van der Waals surface area contributed by atoms with Gasteiger partial charge in [-0.3, -0.25) is 0 Å². The Kier molecular flexibility index (Phi) is 3.58. The van der Waals surface area contributed by atoms with Crippen molar-refractivity contribution in [3.63, 3.8) is 0 Å². The lowest BCUT2D eigenvalue weighted by Crippen LogP contribution is -2.28. The Morgan fingerprint density at radius 1 is 1.20 bits per heavy atom. The molecular weight excluding hydrogens is 298 g/mol. The van der Waals surface area contributed by atoms with Gasteiger partial charge in [0.15, 0.2) is 0 Å². The molecule has 2 heterocycles. The number of furan rings is 1. The summed E-state index contributed by atoms with van der Waals surface area (Å²) < 4.78 is 31.9. The smallest absolute Gasteiger partial charge is 0.243 e. The highest BCUT2D eigenvalue weighted by atomic mass is 35.5. The lowest BCUT2D eigenvalue weighted by Gasteiger charge is -2.16. The molecule has 1 atom stereocenters. The second-order valence-electron chi connectivity index (χ2n) is 4.82. The molecule has 1 aromatic heterocycles. The van der Waals surface area contributed by atoms with Crippen molar-refractivity contribution >= 4 is 21.6 Å². The molecule has 4 nitrogen and oxygen atoms in total. The maximum atomic E-state index is 12.5. The third-order valence-electron chi connectivity index (χ3n) is 3.55. The van der Waals surface area contributed by atoms with Crippen LogP contribution in [0.3, 0.4) is 0 Å². The molecule has 0 saturated carbocycles. The maximum absolute atomic E-state index is 12.5. The third kappa shape index (κ3) is 2.49. The average molecular weight is 312 g/mol. The fourth-order valence-electron chi connectivity index (χ4n) is 2.46. The minimum Gasteiger partial charge on any atom is -0.469 e. The van der Waals surface area contributed by atoms with E-state index in [9.17, 15) is 8.42 Å². The van der Waals surface area contributed by atoms with Gasteiger partial charge in [0.1, 0.15) is 5.76 Å². The summed E-state index contributed by atoms with van der Waals surface area (Å²) in [5, 5.41) is 0.527. The molecule has 1 saturated heterocycles. The van der Waals surface area contributed by atoms with E-state index in [0.29, 0.717) is 18.1 Å². The van der Waals surface area contributed by atoms with Crippen LogP contribution in [0.15, 0.2) is 52.0 Å². The fraction of sp³-hybridized carbons (Fsp3) is 0.286. The van der Waals surface area contributed by atoms with Gasteiger partial charge in [0.2, 0.25) is 10.0 Å². The Labute approximate surface area is 123 Å². The number of sulfonamides is 1. The van der Waals surface area contributed by atoms with Crippen LogP contribution in [-0.2, 0) is 10.0 Å². The number of rotatable bonds is 3. The molecule has 1 fully saturated rings. The van der Waals surface area contributed by atoms with E-state index in [-0.39, 0.29) is 10.8 Å². The zero-order chi connectivity index (χ0) is 14.2. The second kappa shape index (κ2) is 5.24. The van der Waals surface area contributed by atoms with Crippen molar-refractivity contribution in [2.24, 2.45) is 0 Å². The van der Waals surface area contributed by atoms with Gasteiger partial charge < -0.3 is 4.42 Å². The van der Waals surface area contributed by atoms with Crippen LogP contribution >= 0.6 is 11.6 Å². The van der Waals surface area contributed by atoms with Crippen molar-refractivity contribution < 1.29 is 12.8 Å². The zero-order valence-electron chi connectivity index (χ0n) is 10.7. The van der Waals surface area contributed by atoms with Gasteiger partial charge in [-0.1, -0.05) is 11.6 Å². The molecule has 1 aromatic carbocycles.